The SMILES string of the molecule is N#Cc1cccc(N2CCC3(O)C(=O)c4ccncc4N=C23)c1. The zero-order valence-electron chi connectivity index (χ0n) is 12.1. The van der Waals surface area contributed by atoms with Gasteiger partial charge in [-0.15, -0.1) is 0 Å². The molecular weight excluding hydrogens is 292 g/mol. The molecule has 1 fully saturated rings. The van der Waals surface area contributed by atoms with E-state index in [-0.39, 0.29) is 12.2 Å². The van der Waals surface area contributed by atoms with Crippen molar-refractivity contribution in [3.8, 4) is 6.07 Å². The highest BCUT2D eigenvalue weighted by Gasteiger charge is 2.52. The van der Waals surface area contributed by atoms with Crippen LogP contribution in [0.1, 0.15) is 22.3 Å². The number of fused-ring (bicyclic) bond motifs is 2. The Kier molecular flexibility index (Phi) is 2.80. The lowest BCUT2D eigenvalue weighted by atomic mass is 9.88. The summed E-state index contributed by atoms with van der Waals surface area (Å²) in [7, 11) is 0. The van der Waals surface area contributed by atoms with Crippen molar-refractivity contribution in [3.63, 3.8) is 0 Å². The highest BCUT2D eigenvalue weighted by Crippen LogP contribution is 2.38. The molecule has 0 bridgehead atoms. The van der Waals surface area contributed by atoms with Gasteiger partial charge in [-0.2, -0.15) is 5.26 Å². The third kappa shape index (κ3) is 1.87. The molecule has 4 rings (SSSR count). The second kappa shape index (κ2) is 4.73. The summed E-state index contributed by atoms with van der Waals surface area (Å²) in [5.41, 5.74) is 0.484. The molecule has 0 spiro atoms. The van der Waals surface area contributed by atoms with Gasteiger partial charge in [0.05, 0.1) is 29.1 Å². The van der Waals surface area contributed by atoms with Crippen LogP contribution in [0.5, 0.6) is 0 Å². The van der Waals surface area contributed by atoms with Gasteiger partial charge in [0.25, 0.3) is 0 Å². The molecule has 0 radical (unpaired) electrons. The molecule has 6 heteroatoms. The summed E-state index contributed by atoms with van der Waals surface area (Å²) >= 11 is 0. The van der Waals surface area contributed by atoms with Gasteiger partial charge in [0, 0.05) is 24.8 Å². The quantitative estimate of drug-likeness (QED) is 0.868. The number of hydrogen-bond donors (Lipinski definition) is 1. The van der Waals surface area contributed by atoms with Crippen LogP contribution in [-0.4, -0.2) is 33.9 Å². The molecule has 2 aromatic rings. The Morgan fingerprint density at radius 3 is 3.04 bits per heavy atom. The maximum atomic E-state index is 12.7. The van der Waals surface area contributed by atoms with Crippen LogP contribution in [0.2, 0.25) is 0 Å². The van der Waals surface area contributed by atoms with Crippen molar-refractivity contribution in [1.82, 2.24) is 4.98 Å². The Morgan fingerprint density at radius 2 is 2.22 bits per heavy atom. The maximum absolute atomic E-state index is 12.7. The van der Waals surface area contributed by atoms with Crippen molar-refractivity contribution >= 4 is 23.0 Å². The number of nitriles is 1. The van der Waals surface area contributed by atoms with Crippen LogP contribution in [0.25, 0.3) is 0 Å². The number of Topliss-reactive ketones (excluding diaryl/α,β-unsaturated/α-hetero) is 1. The van der Waals surface area contributed by atoms with Crippen LogP contribution in [0.4, 0.5) is 11.4 Å². The summed E-state index contributed by atoms with van der Waals surface area (Å²) in [6.45, 7) is 0.456. The molecule has 1 N–H and O–H groups in total. The van der Waals surface area contributed by atoms with Gasteiger partial charge in [0.15, 0.2) is 5.60 Å². The van der Waals surface area contributed by atoms with Gasteiger partial charge < -0.3 is 10.0 Å². The van der Waals surface area contributed by atoms with E-state index in [1.54, 1.807) is 29.2 Å². The number of aromatic nitrogens is 1. The molecule has 3 heterocycles. The van der Waals surface area contributed by atoms with E-state index in [9.17, 15) is 9.90 Å². The largest absolute Gasteiger partial charge is 0.374 e. The monoisotopic (exact) mass is 304 g/mol. The van der Waals surface area contributed by atoms with Crippen LogP contribution >= 0.6 is 0 Å². The summed E-state index contributed by atoms with van der Waals surface area (Å²) in [6.07, 6.45) is 3.30. The average molecular weight is 304 g/mol. The summed E-state index contributed by atoms with van der Waals surface area (Å²) in [4.78, 5) is 22.9. The first-order chi connectivity index (χ1) is 11.1. The maximum Gasteiger partial charge on any atom is 0.204 e. The van der Waals surface area contributed by atoms with E-state index < -0.39 is 5.60 Å². The van der Waals surface area contributed by atoms with Gasteiger partial charge >= 0.3 is 0 Å². The van der Waals surface area contributed by atoms with E-state index in [0.717, 1.165) is 5.69 Å². The van der Waals surface area contributed by atoms with Crippen LogP contribution in [-0.2, 0) is 0 Å². The van der Waals surface area contributed by atoms with Crippen molar-refractivity contribution in [2.45, 2.75) is 12.0 Å². The Labute approximate surface area is 132 Å². The minimum absolute atomic E-state index is 0.267. The lowest BCUT2D eigenvalue weighted by molar-refractivity contribution is 0.0602. The van der Waals surface area contributed by atoms with E-state index in [1.165, 1.54) is 12.4 Å². The highest BCUT2D eigenvalue weighted by molar-refractivity contribution is 6.28. The first kappa shape index (κ1) is 13.6. The molecule has 1 aromatic heterocycles. The second-order valence-electron chi connectivity index (χ2n) is 5.58. The number of aliphatic imine (C=N–C) groups is 1. The van der Waals surface area contributed by atoms with Crippen molar-refractivity contribution < 1.29 is 9.90 Å². The summed E-state index contributed by atoms with van der Waals surface area (Å²) in [5.74, 6) is -0.0445. The van der Waals surface area contributed by atoms with Crippen molar-refractivity contribution in [3.05, 3.63) is 53.9 Å². The predicted molar refractivity (Wildman–Crippen MR) is 83.7 cm³/mol. The van der Waals surface area contributed by atoms with E-state index in [4.69, 9.17) is 5.26 Å². The smallest absolute Gasteiger partial charge is 0.204 e. The van der Waals surface area contributed by atoms with E-state index in [2.05, 4.69) is 16.0 Å². The predicted octanol–water partition coefficient (Wildman–Crippen LogP) is 1.82. The summed E-state index contributed by atoms with van der Waals surface area (Å²) < 4.78 is 0. The van der Waals surface area contributed by atoms with Crippen LogP contribution in [0, 0.1) is 11.3 Å². The van der Waals surface area contributed by atoms with Crippen LogP contribution in [0.3, 0.4) is 0 Å². The van der Waals surface area contributed by atoms with Gasteiger partial charge in [0.1, 0.15) is 5.84 Å². The lowest BCUT2D eigenvalue weighted by Crippen LogP contribution is -2.48. The number of hydrogen-bond acceptors (Lipinski definition) is 6. The van der Waals surface area contributed by atoms with Crippen molar-refractivity contribution in [2.24, 2.45) is 4.99 Å². The van der Waals surface area contributed by atoms with Crippen molar-refractivity contribution in [1.29, 1.82) is 5.26 Å². The van der Waals surface area contributed by atoms with Gasteiger partial charge in [-0.1, -0.05) is 6.07 Å². The Hall–Kier alpha value is -3.04. The van der Waals surface area contributed by atoms with E-state index in [1.807, 2.05) is 6.07 Å². The summed E-state index contributed by atoms with van der Waals surface area (Å²) in [5, 5.41) is 19.9. The minimum atomic E-state index is -1.61. The number of benzene rings is 1. The number of aliphatic hydroxyl groups is 1. The molecule has 0 amide bonds. The topological polar surface area (TPSA) is 89.6 Å². The number of ketones is 1. The zero-order valence-corrected chi connectivity index (χ0v) is 12.1. The second-order valence-corrected chi connectivity index (χ2v) is 5.58. The van der Waals surface area contributed by atoms with Crippen LogP contribution in [0.15, 0.2) is 47.7 Å². The fraction of sp³-hybridized carbons (Fsp3) is 0.176. The third-order valence-corrected chi connectivity index (χ3v) is 4.26. The normalized spacial score (nSPS) is 22.2. The molecule has 1 saturated heterocycles. The van der Waals surface area contributed by atoms with Gasteiger partial charge in [0.2, 0.25) is 5.78 Å². The number of carbonyl (C=O) groups excluding carboxylic acids is 1. The van der Waals surface area contributed by atoms with Gasteiger partial charge in [-0.25, -0.2) is 4.99 Å². The molecule has 1 atom stereocenters. The molecule has 2 aliphatic heterocycles. The highest BCUT2D eigenvalue weighted by atomic mass is 16.3. The van der Waals surface area contributed by atoms with Gasteiger partial charge in [-0.05, 0) is 24.3 Å². The van der Waals surface area contributed by atoms with Gasteiger partial charge in [-0.3, -0.25) is 9.78 Å². The molecule has 6 nitrogen and oxygen atoms in total. The fourth-order valence-electron chi connectivity index (χ4n) is 3.08. The summed E-state index contributed by atoms with van der Waals surface area (Å²) in [6, 6.07) is 10.7. The van der Waals surface area contributed by atoms with E-state index >= 15 is 0 Å². The molecule has 0 saturated carbocycles. The zero-order chi connectivity index (χ0) is 16.0. The number of nitrogens with zero attached hydrogens (tertiary/aromatic N) is 4. The minimum Gasteiger partial charge on any atom is -0.374 e. The number of pyridine rings is 1. The molecule has 0 aliphatic carbocycles. The Balaban J connectivity index is 1.86. The molecule has 1 aromatic carbocycles. The fourth-order valence-corrected chi connectivity index (χ4v) is 3.08. The van der Waals surface area contributed by atoms with Crippen molar-refractivity contribution in [2.75, 3.05) is 11.4 Å². The Morgan fingerprint density at radius 1 is 1.35 bits per heavy atom. The molecule has 1 unspecified atom stereocenters. The molecule has 23 heavy (non-hydrogen) atoms. The Bertz CT molecular complexity index is 899. The average Bonchev–Trinajstić information content (AvgIpc) is 2.93. The molecule has 2 aliphatic rings. The molecular formula is C17H12N4O2. The standard InChI is InChI=1S/C17H12N4O2/c18-9-11-2-1-3-12(8-11)21-7-5-17(23)15(22)13-4-6-19-10-14(13)20-16(17)21/h1-4,6,8,10,23H,5,7H2. The third-order valence-electron chi connectivity index (χ3n) is 4.26. The number of rotatable bonds is 1. The number of anilines is 1. The first-order valence-corrected chi connectivity index (χ1v) is 7.21. The van der Waals surface area contributed by atoms with Crippen LogP contribution < -0.4 is 4.90 Å². The van der Waals surface area contributed by atoms with E-state index in [0.29, 0.717) is 29.2 Å². The first-order valence-electron chi connectivity index (χ1n) is 7.21. The number of carbonyl (C=O) groups is 1. The lowest BCUT2D eigenvalue weighted by Gasteiger charge is -2.29. The molecule has 112 valence electrons. The number of amidine groups is 1.